The van der Waals surface area contributed by atoms with E-state index in [1.807, 2.05) is 0 Å². The summed E-state index contributed by atoms with van der Waals surface area (Å²) in [6.07, 6.45) is -0.717. The molecule has 4 atom stereocenters. The summed E-state index contributed by atoms with van der Waals surface area (Å²) in [5.74, 6) is -5.50. The maximum atomic E-state index is 12.4. The molecule has 0 aromatic rings. The first-order chi connectivity index (χ1) is 12.9. The fourth-order valence-electron chi connectivity index (χ4n) is 2.07. The molecule has 0 bridgehead atoms. The first-order valence-electron chi connectivity index (χ1n) is 8.62. The fourth-order valence-corrected chi connectivity index (χ4v) is 2.07. The Balaban J connectivity index is 5.19. The number of carboxylic acids is 2. The van der Waals surface area contributed by atoms with Crippen LogP contribution in [0.25, 0.3) is 0 Å². The van der Waals surface area contributed by atoms with E-state index in [2.05, 4.69) is 16.0 Å². The van der Waals surface area contributed by atoms with Crippen molar-refractivity contribution in [3.63, 3.8) is 0 Å². The van der Waals surface area contributed by atoms with Crippen molar-refractivity contribution in [3.8, 4) is 0 Å². The van der Waals surface area contributed by atoms with Crippen LogP contribution in [0.3, 0.4) is 0 Å². The van der Waals surface area contributed by atoms with Crippen LogP contribution in [-0.2, 0) is 24.0 Å². The summed E-state index contributed by atoms with van der Waals surface area (Å²) in [7, 11) is 0. The Morgan fingerprint density at radius 2 is 1.36 bits per heavy atom. The van der Waals surface area contributed by atoms with Gasteiger partial charge in [-0.05, 0) is 19.3 Å². The molecular formula is C16H28N4O8. The minimum atomic E-state index is -1.49. The lowest BCUT2D eigenvalue weighted by molar-refractivity contribution is -0.143. The van der Waals surface area contributed by atoms with E-state index < -0.39 is 72.8 Å². The minimum absolute atomic E-state index is 0.275. The van der Waals surface area contributed by atoms with Crippen molar-refractivity contribution in [1.29, 1.82) is 0 Å². The second-order valence-electron chi connectivity index (χ2n) is 6.59. The maximum absolute atomic E-state index is 12.4. The SMILES string of the molecule is CC(N)C(=O)NC(CCC(=O)O)C(=O)NC(CO)C(=O)NC(C(=O)O)C(C)C. The molecule has 0 aliphatic heterocycles. The highest BCUT2D eigenvalue weighted by Gasteiger charge is 2.30. The van der Waals surface area contributed by atoms with Crippen LogP contribution in [-0.4, -0.2) is 75.8 Å². The second-order valence-corrected chi connectivity index (χ2v) is 6.59. The summed E-state index contributed by atoms with van der Waals surface area (Å²) < 4.78 is 0. The van der Waals surface area contributed by atoms with Gasteiger partial charge in [-0.1, -0.05) is 13.8 Å². The van der Waals surface area contributed by atoms with Crippen LogP contribution in [0.4, 0.5) is 0 Å². The quantitative estimate of drug-likeness (QED) is 0.181. The van der Waals surface area contributed by atoms with Crippen LogP contribution < -0.4 is 21.7 Å². The number of aliphatic hydroxyl groups excluding tert-OH is 1. The lowest BCUT2D eigenvalue weighted by Gasteiger charge is -2.24. The van der Waals surface area contributed by atoms with Gasteiger partial charge in [0.2, 0.25) is 17.7 Å². The van der Waals surface area contributed by atoms with Gasteiger partial charge in [0.25, 0.3) is 0 Å². The van der Waals surface area contributed by atoms with Gasteiger partial charge in [-0.15, -0.1) is 0 Å². The van der Waals surface area contributed by atoms with Crippen molar-refractivity contribution in [2.75, 3.05) is 6.61 Å². The van der Waals surface area contributed by atoms with E-state index in [9.17, 15) is 29.1 Å². The number of carbonyl (C=O) groups is 5. The van der Waals surface area contributed by atoms with Gasteiger partial charge in [0, 0.05) is 6.42 Å². The molecule has 12 nitrogen and oxygen atoms in total. The Morgan fingerprint density at radius 1 is 0.857 bits per heavy atom. The van der Waals surface area contributed by atoms with E-state index >= 15 is 0 Å². The van der Waals surface area contributed by atoms with Crippen LogP contribution in [0.1, 0.15) is 33.6 Å². The van der Waals surface area contributed by atoms with Crippen molar-refractivity contribution in [3.05, 3.63) is 0 Å². The number of aliphatic hydroxyl groups is 1. The molecule has 160 valence electrons. The highest BCUT2D eigenvalue weighted by molar-refractivity contribution is 5.94. The van der Waals surface area contributed by atoms with Crippen molar-refractivity contribution in [1.82, 2.24) is 16.0 Å². The monoisotopic (exact) mass is 404 g/mol. The van der Waals surface area contributed by atoms with Crippen molar-refractivity contribution in [2.45, 2.75) is 57.8 Å². The van der Waals surface area contributed by atoms with E-state index in [4.69, 9.17) is 15.9 Å². The summed E-state index contributed by atoms with van der Waals surface area (Å²) in [5, 5.41) is 33.9. The Hall–Kier alpha value is -2.73. The number of nitrogens with one attached hydrogen (secondary N) is 3. The van der Waals surface area contributed by atoms with Gasteiger partial charge < -0.3 is 37.0 Å². The highest BCUT2D eigenvalue weighted by Crippen LogP contribution is 2.03. The number of aliphatic carboxylic acids is 2. The van der Waals surface area contributed by atoms with E-state index in [1.54, 1.807) is 13.8 Å². The van der Waals surface area contributed by atoms with Gasteiger partial charge in [0.05, 0.1) is 12.6 Å². The van der Waals surface area contributed by atoms with Gasteiger partial charge >= 0.3 is 11.9 Å². The largest absolute Gasteiger partial charge is 0.481 e. The molecule has 8 N–H and O–H groups in total. The van der Waals surface area contributed by atoms with Gasteiger partial charge in [0.15, 0.2) is 0 Å². The molecule has 0 aliphatic rings. The van der Waals surface area contributed by atoms with Crippen LogP contribution >= 0.6 is 0 Å². The average Bonchev–Trinajstić information content (AvgIpc) is 2.59. The molecule has 4 unspecified atom stereocenters. The van der Waals surface area contributed by atoms with Crippen LogP contribution in [0.5, 0.6) is 0 Å². The number of carbonyl (C=O) groups excluding carboxylic acids is 3. The van der Waals surface area contributed by atoms with E-state index in [1.165, 1.54) is 6.92 Å². The van der Waals surface area contributed by atoms with Crippen LogP contribution in [0.2, 0.25) is 0 Å². The summed E-state index contributed by atoms with van der Waals surface area (Å²) in [4.78, 5) is 58.2. The molecule has 0 rings (SSSR count). The molecule has 0 aromatic carbocycles. The molecule has 0 radical (unpaired) electrons. The molecule has 0 heterocycles. The van der Waals surface area contributed by atoms with E-state index in [0.717, 1.165) is 0 Å². The Labute approximate surface area is 161 Å². The zero-order valence-corrected chi connectivity index (χ0v) is 16.0. The summed E-state index contributed by atoms with van der Waals surface area (Å²) in [6.45, 7) is 3.66. The van der Waals surface area contributed by atoms with Gasteiger partial charge in [0.1, 0.15) is 18.1 Å². The number of hydrogen-bond acceptors (Lipinski definition) is 7. The third-order valence-electron chi connectivity index (χ3n) is 3.74. The summed E-state index contributed by atoms with van der Waals surface area (Å²) >= 11 is 0. The normalized spacial score (nSPS) is 15.1. The topological polar surface area (TPSA) is 208 Å². The zero-order chi connectivity index (χ0) is 22.0. The predicted molar refractivity (Wildman–Crippen MR) is 95.9 cm³/mol. The van der Waals surface area contributed by atoms with E-state index in [0.29, 0.717) is 0 Å². The molecule has 0 aromatic heterocycles. The molecule has 0 fully saturated rings. The molecule has 0 aliphatic carbocycles. The van der Waals surface area contributed by atoms with Gasteiger partial charge in [-0.3, -0.25) is 19.2 Å². The molecule has 12 heteroatoms. The Bertz CT molecular complexity index is 593. The smallest absolute Gasteiger partial charge is 0.326 e. The van der Waals surface area contributed by atoms with E-state index in [-0.39, 0.29) is 6.42 Å². The third kappa shape index (κ3) is 8.77. The third-order valence-corrected chi connectivity index (χ3v) is 3.74. The predicted octanol–water partition coefficient (Wildman–Crippen LogP) is -2.61. The zero-order valence-electron chi connectivity index (χ0n) is 16.0. The van der Waals surface area contributed by atoms with Crippen molar-refractivity contribution in [2.24, 2.45) is 11.7 Å². The molecule has 0 saturated carbocycles. The second kappa shape index (κ2) is 11.9. The van der Waals surface area contributed by atoms with Gasteiger partial charge in [-0.2, -0.15) is 0 Å². The minimum Gasteiger partial charge on any atom is -0.481 e. The van der Waals surface area contributed by atoms with Gasteiger partial charge in [-0.25, -0.2) is 4.79 Å². The summed E-state index contributed by atoms with van der Waals surface area (Å²) in [6, 6.07) is -5.00. The van der Waals surface area contributed by atoms with Crippen molar-refractivity contribution < 1.29 is 39.3 Å². The Morgan fingerprint density at radius 3 is 1.75 bits per heavy atom. The number of amides is 3. The standard InChI is InChI=1S/C16H28N4O8/c1-7(2)12(16(27)28)20-15(26)10(6-21)19-14(25)9(4-5-11(22)23)18-13(24)8(3)17/h7-10,12,21H,4-6,17H2,1-3H3,(H,18,24)(H,19,25)(H,20,26)(H,22,23)(H,27,28). The fraction of sp³-hybridized carbons (Fsp3) is 0.688. The Kier molecular flexibility index (Phi) is 10.7. The maximum Gasteiger partial charge on any atom is 0.326 e. The number of hydrogen-bond donors (Lipinski definition) is 7. The summed E-state index contributed by atoms with van der Waals surface area (Å²) in [5.41, 5.74) is 5.41. The first-order valence-corrected chi connectivity index (χ1v) is 8.62. The molecular weight excluding hydrogens is 376 g/mol. The molecule has 28 heavy (non-hydrogen) atoms. The highest BCUT2D eigenvalue weighted by atomic mass is 16.4. The lowest BCUT2D eigenvalue weighted by Crippen LogP contribution is -2.58. The number of nitrogens with two attached hydrogens (primary N) is 1. The lowest BCUT2D eigenvalue weighted by atomic mass is 10.0. The molecule has 3 amide bonds. The number of rotatable bonds is 12. The molecule has 0 spiro atoms. The average molecular weight is 404 g/mol. The molecule has 0 saturated heterocycles. The number of carboxylic acid groups (broad SMARTS) is 2. The van der Waals surface area contributed by atoms with Crippen LogP contribution in [0, 0.1) is 5.92 Å². The van der Waals surface area contributed by atoms with Crippen LogP contribution in [0.15, 0.2) is 0 Å². The van der Waals surface area contributed by atoms with Crippen molar-refractivity contribution >= 4 is 29.7 Å². The first kappa shape index (κ1) is 25.3.